The number of rotatable bonds is 3. The molecule has 1 saturated carbocycles. The Bertz CT molecular complexity index is 518. The topological polar surface area (TPSA) is 66.4 Å². The van der Waals surface area contributed by atoms with Crippen molar-refractivity contribution in [2.75, 3.05) is 0 Å². The Labute approximate surface area is 106 Å². The van der Waals surface area contributed by atoms with Crippen LogP contribution in [0.1, 0.15) is 33.6 Å². The van der Waals surface area contributed by atoms with Gasteiger partial charge in [-0.05, 0) is 37.1 Å². The van der Waals surface area contributed by atoms with E-state index in [1.165, 1.54) is 24.3 Å². The number of carboxylic acid groups (broad SMARTS) is 1. The van der Waals surface area contributed by atoms with Crippen LogP contribution in [0.15, 0.2) is 24.3 Å². The van der Waals surface area contributed by atoms with Gasteiger partial charge in [0, 0.05) is 5.56 Å². The van der Waals surface area contributed by atoms with Gasteiger partial charge in [0.1, 0.15) is 5.54 Å². The second-order valence-electron chi connectivity index (χ2n) is 4.42. The number of halogens is 3. The molecule has 1 aliphatic carbocycles. The molecular formula is C12H10F3NO3. The molecule has 1 aromatic carbocycles. The third-order valence-electron chi connectivity index (χ3n) is 3.04. The van der Waals surface area contributed by atoms with Crippen molar-refractivity contribution in [3.63, 3.8) is 0 Å². The minimum Gasteiger partial charge on any atom is -0.478 e. The summed E-state index contributed by atoms with van der Waals surface area (Å²) in [6.07, 6.45) is -4.73. The first kappa shape index (κ1) is 13.4. The molecule has 102 valence electrons. The van der Waals surface area contributed by atoms with Gasteiger partial charge in [0.25, 0.3) is 5.91 Å². The van der Waals surface area contributed by atoms with Crippen LogP contribution >= 0.6 is 0 Å². The number of carboxylic acids is 1. The minimum atomic E-state index is -4.47. The molecule has 7 heteroatoms. The molecule has 0 aliphatic heterocycles. The lowest BCUT2D eigenvalue weighted by Gasteiger charge is -2.20. The predicted molar refractivity (Wildman–Crippen MR) is 58.9 cm³/mol. The lowest BCUT2D eigenvalue weighted by atomic mass is 10.1. The monoisotopic (exact) mass is 273 g/mol. The van der Waals surface area contributed by atoms with Crippen molar-refractivity contribution in [1.29, 1.82) is 0 Å². The number of alkyl halides is 3. The summed E-state index contributed by atoms with van der Waals surface area (Å²) in [5.74, 6) is -2.02. The lowest BCUT2D eigenvalue weighted by Crippen LogP contribution is -2.47. The summed E-state index contributed by atoms with van der Waals surface area (Å²) in [6, 6.07) is 4.71. The molecule has 0 heterocycles. The largest absolute Gasteiger partial charge is 0.478 e. The van der Waals surface area contributed by atoms with Crippen LogP contribution < -0.4 is 5.32 Å². The van der Waals surface area contributed by atoms with Crippen LogP contribution in [0.5, 0.6) is 0 Å². The van der Waals surface area contributed by atoms with E-state index in [2.05, 4.69) is 0 Å². The predicted octanol–water partition coefficient (Wildman–Crippen LogP) is 2.21. The first-order valence-electron chi connectivity index (χ1n) is 5.48. The SMILES string of the molecule is O=C(O)c1ccc(C(=O)NC2(C(F)(F)F)CC2)cc1. The molecule has 0 radical (unpaired) electrons. The van der Waals surface area contributed by atoms with Crippen LogP contribution in [0.25, 0.3) is 0 Å². The van der Waals surface area contributed by atoms with Crippen molar-refractivity contribution in [2.24, 2.45) is 0 Å². The lowest BCUT2D eigenvalue weighted by molar-refractivity contribution is -0.163. The van der Waals surface area contributed by atoms with Gasteiger partial charge in [0.15, 0.2) is 0 Å². The molecule has 0 bridgehead atoms. The highest BCUT2D eigenvalue weighted by Crippen LogP contribution is 2.49. The Balaban J connectivity index is 2.11. The molecule has 2 rings (SSSR count). The number of carbonyl (C=O) groups excluding carboxylic acids is 1. The van der Waals surface area contributed by atoms with E-state index in [-0.39, 0.29) is 24.0 Å². The summed E-state index contributed by atoms with van der Waals surface area (Å²) < 4.78 is 37.9. The number of nitrogens with one attached hydrogen (secondary N) is 1. The summed E-state index contributed by atoms with van der Waals surface area (Å²) in [6.45, 7) is 0. The van der Waals surface area contributed by atoms with Crippen molar-refractivity contribution in [3.8, 4) is 0 Å². The molecule has 0 unspecified atom stereocenters. The second kappa shape index (κ2) is 4.25. The number of aromatic carboxylic acids is 1. The standard InChI is InChI=1S/C12H10F3NO3/c13-12(14,15)11(5-6-11)16-9(17)7-1-3-8(4-2-7)10(18)19/h1-4H,5-6H2,(H,16,17)(H,18,19). The molecule has 4 nitrogen and oxygen atoms in total. The van der Waals surface area contributed by atoms with Gasteiger partial charge in [-0.2, -0.15) is 13.2 Å². The number of hydrogen-bond acceptors (Lipinski definition) is 2. The molecule has 0 aromatic heterocycles. The van der Waals surface area contributed by atoms with Crippen molar-refractivity contribution < 1.29 is 27.9 Å². The molecule has 0 atom stereocenters. The third-order valence-corrected chi connectivity index (χ3v) is 3.04. The van der Waals surface area contributed by atoms with E-state index in [0.717, 1.165) is 0 Å². The summed E-state index contributed by atoms with van der Waals surface area (Å²) in [7, 11) is 0. The fourth-order valence-electron chi connectivity index (χ4n) is 1.66. The molecule has 2 N–H and O–H groups in total. The van der Waals surface area contributed by atoms with Gasteiger partial charge in [-0.3, -0.25) is 4.79 Å². The van der Waals surface area contributed by atoms with Crippen LogP contribution in [0.2, 0.25) is 0 Å². The molecule has 1 aliphatic rings. The van der Waals surface area contributed by atoms with Gasteiger partial charge in [-0.25, -0.2) is 4.79 Å². The quantitative estimate of drug-likeness (QED) is 0.887. The normalized spacial score (nSPS) is 16.8. The van der Waals surface area contributed by atoms with Gasteiger partial charge in [-0.1, -0.05) is 0 Å². The maximum atomic E-state index is 12.6. The molecule has 1 amide bonds. The second-order valence-corrected chi connectivity index (χ2v) is 4.42. The Morgan fingerprint density at radius 2 is 1.58 bits per heavy atom. The van der Waals surface area contributed by atoms with E-state index in [0.29, 0.717) is 0 Å². The number of amides is 1. The number of benzene rings is 1. The average Bonchev–Trinajstić information content (AvgIpc) is 3.09. The first-order valence-corrected chi connectivity index (χ1v) is 5.48. The zero-order chi connectivity index (χ0) is 14.3. The van der Waals surface area contributed by atoms with Gasteiger partial charge in [0.05, 0.1) is 5.56 Å². The van der Waals surface area contributed by atoms with E-state index < -0.39 is 23.6 Å². The van der Waals surface area contributed by atoms with Crippen LogP contribution in [0.3, 0.4) is 0 Å². The van der Waals surface area contributed by atoms with Gasteiger partial charge in [0.2, 0.25) is 0 Å². The van der Waals surface area contributed by atoms with Crippen LogP contribution in [0.4, 0.5) is 13.2 Å². The Morgan fingerprint density at radius 1 is 1.11 bits per heavy atom. The van der Waals surface area contributed by atoms with E-state index in [1.807, 2.05) is 5.32 Å². The van der Waals surface area contributed by atoms with E-state index >= 15 is 0 Å². The van der Waals surface area contributed by atoms with Crippen molar-refractivity contribution in [1.82, 2.24) is 5.32 Å². The summed E-state index contributed by atoms with van der Waals surface area (Å²) >= 11 is 0. The first-order chi connectivity index (χ1) is 8.75. The highest BCUT2D eigenvalue weighted by molar-refractivity contribution is 5.96. The Morgan fingerprint density at radius 3 is 1.95 bits per heavy atom. The van der Waals surface area contributed by atoms with Gasteiger partial charge in [-0.15, -0.1) is 0 Å². The molecule has 1 fully saturated rings. The summed E-state index contributed by atoms with van der Waals surface area (Å²) in [5.41, 5.74) is -2.15. The van der Waals surface area contributed by atoms with Crippen molar-refractivity contribution >= 4 is 11.9 Å². The molecule has 19 heavy (non-hydrogen) atoms. The number of carbonyl (C=O) groups is 2. The van der Waals surface area contributed by atoms with Crippen molar-refractivity contribution in [3.05, 3.63) is 35.4 Å². The van der Waals surface area contributed by atoms with Crippen molar-refractivity contribution in [2.45, 2.75) is 24.6 Å². The van der Waals surface area contributed by atoms with Gasteiger partial charge < -0.3 is 10.4 Å². The highest BCUT2D eigenvalue weighted by atomic mass is 19.4. The smallest absolute Gasteiger partial charge is 0.411 e. The molecule has 0 spiro atoms. The summed E-state index contributed by atoms with van der Waals surface area (Å²) in [5, 5.41) is 10.6. The third kappa shape index (κ3) is 2.54. The Hall–Kier alpha value is -2.05. The fourth-order valence-corrected chi connectivity index (χ4v) is 1.66. The van der Waals surface area contributed by atoms with Crippen LogP contribution in [-0.4, -0.2) is 28.7 Å². The summed E-state index contributed by atoms with van der Waals surface area (Å²) in [4.78, 5) is 22.3. The van der Waals surface area contributed by atoms with E-state index in [9.17, 15) is 22.8 Å². The van der Waals surface area contributed by atoms with Crippen LogP contribution in [-0.2, 0) is 0 Å². The Kier molecular flexibility index (Phi) is 3.00. The van der Waals surface area contributed by atoms with Crippen LogP contribution in [0, 0.1) is 0 Å². The molecule has 0 saturated heterocycles. The fraction of sp³-hybridized carbons (Fsp3) is 0.333. The number of hydrogen-bond donors (Lipinski definition) is 2. The zero-order valence-electron chi connectivity index (χ0n) is 9.62. The average molecular weight is 273 g/mol. The minimum absolute atomic E-state index is 0.000486. The molecule has 1 aromatic rings. The van der Waals surface area contributed by atoms with E-state index in [4.69, 9.17) is 5.11 Å². The maximum Gasteiger partial charge on any atom is 0.411 e. The maximum absolute atomic E-state index is 12.6. The highest BCUT2D eigenvalue weighted by Gasteiger charge is 2.64. The zero-order valence-corrected chi connectivity index (χ0v) is 9.62. The molecular weight excluding hydrogens is 263 g/mol. The van der Waals surface area contributed by atoms with Gasteiger partial charge >= 0.3 is 12.1 Å². The van der Waals surface area contributed by atoms with E-state index in [1.54, 1.807) is 0 Å².